The number of hydrogen-bond donors (Lipinski definition) is 1. The summed E-state index contributed by atoms with van der Waals surface area (Å²) >= 11 is 0. The van der Waals surface area contributed by atoms with E-state index < -0.39 is 5.97 Å². The Balaban J connectivity index is 1.77. The van der Waals surface area contributed by atoms with Crippen molar-refractivity contribution in [1.82, 2.24) is 4.90 Å². The van der Waals surface area contributed by atoms with Gasteiger partial charge < -0.3 is 19.5 Å². The maximum atomic E-state index is 10.5. The fraction of sp³-hybridized carbons (Fsp3) is 0.562. The molecule has 1 atom stereocenters. The van der Waals surface area contributed by atoms with Gasteiger partial charge in [-0.15, -0.1) is 0 Å². The molecule has 1 aliphatic heterocycles. The number of benzene rings is 1. The normalized spacial score (nSPS) is 14.4. The first-order valence-electron chi connectivity index (χ1n) is 7.37. The Morgan fingerprint density at radius 2 is 2.10 bits per heavy atom. The lowest BCUT2D eigenvalue weighted by Gasteiger charge is -2.24. The molecule has 0 bridgehead atoms. The predicted molar refractivity (Wildman–Crippen MR) is 79.8 cm³/mol. The average Bonchev–Trinajstić information content (AvgIpc) is 2.90. The monoisotopic (exact) mass is 293 g/mol. The third-order valence-corrected chi connectivity index (χ3v) is 3.87. The lowest BCUT2D eigenvalue weighted by Crippen LogP contribution is -2.31. The van der Waals surface area contributed by atoms with Crippen molar-refractivity contribution in [2.75, 3.05) is 20.4 Å². The summed E-state index contributed by atoms with van der Waals surface area (Å²) in [7, 11) is 2.08. The Kier molecular flexibility index (Phi) is 5.44. The highest BCUT2D eigenvalue weighted by Crippen LogP contribution is 2.32. The zero-order valence-corrected chi connectivity index (χ0v) is 12.7. The molecule has 0 aromatic heterocycles. The van der Waals surface area contributed by atoms with E-state index in [1.54, 1.807) is 0 Å². The van der Waals surface area contributed by atoms with Crippen molar-refractivity contribution in [2.24, 2.45) is 0 Å². The van der Waals surface area contributed by atoms with Gasteiger partial charge in [0.2, 0.25) is 6.79 Å². The van der Waals surface area contributed by atoms with Crippen molar-refractivity contribution in [3.05, 3.63) is 23.8 Å². The van der Waals surface area contributed by atoms with Gasteiger partial charge >= 0.3 is 5.97 Å². The highest BCUT2D eigenvalue weighted by molar-refractivity contribution is 5.66. The molecule has 1 N–H and O–H groups in total. The van der Waals surface area contributed by atoms with E-state index in [0.29, 0.717) is 12.8 Å². The van der Waals surface area contributed by atoms with Crippen LogP contribution in [0.25, 0.3) is 0 Å². The van der Waals surface area contributed by atoms with E-state index in [-0.39, 0.29) is 6.42 Å². The Bertz CT molecular complexity index is 489. The Labute approximate surface area is 125 Å². The summed E-state index contributed by atoms with van der Waals surface area (Å²) in [5.41, 5.74) is 1.23. The highest BCUT2D eigenvalue weighted by atomic mass is 16.7. The van der Waals surface area contributed by atoms with E-state index in [1.807, 2.05) is 12.1 Å². The number of ether oxygens (including phenoxy) is 2. The highest BCUT2D eigenvalue weighted by Gasteiger charge is 2.15. The molecule has 1 aromatic rings. The number of hydrogen-bond acceptors (Lipinski definition) is 4. The molecule has 116 valence electrons. The average molecular weight is 293 g/mol. The maximum absolute atomic E-state index is 10.5. The number of carboxylic acid groups (broad SMARTS) is 1. The van der Waals surface area contributed by atoms with Gasteiger partial charge in [-0.25, -0.2) is 0 Å². The molecule has 5 heteroatoms. The van der Waals surface area contributed by atoms with Crippen LogP contribution in [0.3, 0.4) is 0 Å². The first-order valence-corrected chi connectivity index (χ1v) is 7.37. The van der Waals surface area contributed by atoms with Gasteiger partial charge in [-0.2, -0.15) is 0 Å². The van der Waals surface area contributed by atoms with Crippen LogP contribution in [0.15, 0.2) is 18.2 Å². The van der Waals surface area contributed by atoms with E-state index in [4.69, 9.17) is 14.6 Å². The molecule has 21 heavy (non-hydrogen) atoms. The number of likely N-dealkylation sites (N-methyl/N-ethyl adjacent to an activating group) is 1. The SMILES string of the molecule is CC(Cc1ccc2c(c1)OCO2)N(C)CCCCC(=O)O. The summed E-state index contributed by atoms with van der Waals surface area (Å²) in [6, 6.07) is 6.46. The molecule has 0 saturated carbocycles. The molecule has 2 rings (SSSR count). The summed E-state index contributed by atoms with van der Waals surface area (Å²) < 4.78 is 10.7. The number of fused-ring (bicyclic) bond motifs is 1. The zero-order chi connectivity index (χ0) is 15.2. The number of rotatable bonds is 8. The number of unbranched alkanes of at least 4 members (excludes halogenated alkanes) is 1. The molecule has 0 radical (unpaired) electrons. The quantitative estimate of drug-likeness (QED) is 0.746. The lowest BCUT2D eigenvalue weighted by atomic mass is 10.1. The van der Waals surface area contributed by atoms with Gasteiger partial charge in [0.1, 0.15) is 0 Å². The van der Waals surface area contributed by atoms with Gasteiger partial charge in [-0.3, -0.25) is 4.79 Å². The van der Waals surface area contributed by atoms with E-state index in [2.05, 4.69) is 24.9 Å². The molecule has 1 heterocycles. The van der Waals surface area contributed by atoms with Crippen LogP contribution in [-0.2, 0) is 11.2 Å². The molecule has 0 aliphatic carbocycles. The van der Waals surface area contributed by atoms with Crippen molar-refractivity contribution in [3.63, 3.8) is 0 Å². The number of carboxylic acids is 1. The molecule has 0 spiro atoms. The van der Waals surface area contributed by atoms with Crippen molar-refractivity contribution in [2.45, 2.75) is 38.6 Å². The minimum Gasteiger partial charge on any atom is -0.481 e. The fourth-order valence-electron chi connectivity index (χ4n) is 2.42. The lowest BCUT2D eigenvalue weighted by molar-refractivity contribution is -0.137. The summed E-state index contributed by atoms with van der Waals surface area (Å²) in [5, 5.41) is 8.62. The Morgan fingerprint density at radius 1 is 1.33 bits per heavy atom. The molecule has 0 fully saturated rings. The largest absolute Gasteiger partial charge is 0.481 e. The van der Waals surface area contributed by atoms with Crippen molar-refractivity contribution < 1.29 is 19.4 Å². The van der Waals surface area contributed by atoms with Crippen LogP contribution >= 0.6 is 0 Å². The van der Waals surface area contributed by atoms with Gasteiger partial charge in [-0.05, 0) is 57.5 Å². The summed E-state index contributed by atoms with van der Waals surface area (Å²) in [5.74, 6) is 0.920. The fourth-order valence-corrected chi connectivity index (χ4v) is 2.42. The number of nitrogens with zero attached hydrogens (tertiary/aromatic N) is 1. The molecular formula is C16H23NO4. The molecule has 1 aromatic carbocycles. The van der Waals surface area contributed by atoms with Gasteiger partial charge in [0.25, 0.3) is 0 Å². The molecule has 0 saturated heterocycles. The maximum Gasteiger partial charge on any atom is 0.303 e. The summed E-state index contributed by atoms with van der Waals surface area (Å²) in [4.78, 5) is 12.7. The second kappa shape index (κ2) is 7.31. The van der Waals surface area contributed by atoms with Crippen LogP contribution in [0, 0.1) is 0 Å². The minimum atomic E-state index is -0.717. The van der Waals surface area contributed by atoms with Gasteiger partial charge in [-0.1, -0.05) is 6.07 Å². The van der Waals surface area contributed by atoms with Crippen molar-refractivity contribution >= 4 is 5.97 Å². The second-order valence-corrected chi connectivity index (χ2v) is 5.57. The topological polar surface area (TPSA) is 59.0 Å². The summed E-state index contributed by atoms with van der Waals surface area (Å²) in [6.45, 7) is 3.40. The van der Waals surface area contributed by atoms with Gasteiger partial charge in [0.05, 0.1) is 0 Å². The van der Waals surface area contributed by atoms with Crippen molar-refractivity contribution in [3.8, 4) is 11.5 Å². The summed E-state index contributed by atoms with van der Waals surface area (Å²) in [6.07, 6.45) is 2.83. The van der Waals surface area contributed by atoms with Crippen LogP contribution in [0.5, 0.6) is 11.5 Å². The molecule has 0 amide bonds. The minimum absolute atomic E-state index is 0.254. The van der Waals surface area contributed by atoms with Gasteiger partial charge in [0.15, 0.2) is 11.5 Å². The molecular weight excluding hydrogens is 270 g/mol. The van der Waals surface area contributed by atoms with E-state index >= 15 is 0 Å². The third-order valence-electron chi connectivity index (χ3n) is 3.87. The van der Waals surface area contributed by atoms with Crippen LogP contribution in [0.2, 0.25) is 0 Å². The van der Waals surface area contributed by atoms with Crippen molar-refractivity contribution in [1.29, 1.82) is 0 Å². The van der Waals surface area contributed by atoms with E-state index in [0.717, 1.165) is 37.3 Å². The molecule has 1 unspecified atom stereocenters. The Hall–Kier alpha value is -1.75. The first kappa shape index (κ1) is 15.6. The first-order chi connectivity index (χ1) is 10.1. The van der Waals surface area contributed by atoms with E-state index in [1.165, 1.54) is 5.56 Å². The van der Waals surface area contributed by atoms with Crippen LogP contribution in [0.4, 0.5) is 0 Å². The second-order valence-electron chi connectivity index (χ2n) is 5.57. The number of carbonyl (C=O) groups is 1. The smallest absolute Gasteiger partial charge is 0.303 e. The molecule has 5 nitrogen and oxygen atoms in total. The standard InChI is InChI=1S/C16H23NO4/c1-12(17(2)8-4-3-5-16(18)19)9-13-6-7-14-15(10-13)21-11-20-14/h6-7,10,12H,3-5,8-9,11H2,1-2H3,(H,18,19). The third kappa shape index (κ3) is 4.63. The van der Waals surface area contributed by atoms with Gasteiger partial charge in [0, 0.05) is 12.5 Å². The van der Waals surface area contributed by atoms with Crippen LogP contribution in [0.1, 0.15) is 31.7 Å². The van der Waals surface area contributed by atoms with E-state index in [9.17, 15) is 4.79 Å². The Morgan fingerprint density at radius 3 is 2.86 bits per heavy atom. The number of aliphatic carboxylic acids is 1. The predicted octanol–water partition coefficient (Wildman–Crippen LogP) is 2.53. The molecule has 1 aliphatic rings. The van der Waals surface area contributed by atoms with Crippen LogP contribution in [-0.4, -0.2) is 42.4 Å². The zero-order valence-electron chi connectivity index (χ0n) is 12.7. The van der Waals surface area contributed by atoms with Crippen LogP contribution < -0.4 is 9.47 Å².